The van der Waals surface area contributed by atoms with Crippen molar-refractivity contribution in [3.8, 4) is 0 Å². The normalized spacial score (nSPS) is 13.3. The summed E-state index contributed by atoms with van der Waals surface area (Å²) in [4.78, 5) is 2.50. The molecule has 0 saturated heterocycles. The molecule has 0 aromatic heterocycles. The minimum atomic E-state index is 0.626. The van der Waals surface area contributed by atoms with Gasteiger partial charge in [-0.15, -0.1) is 0 Å². The van der Waals surface area contributed by atoms with Crippen molar-refractivity contribution in [3.63, 3.8) is 0 Å². The second-order valence-corrected chi connectivity index (χ2v) is 4.54. The van der Waals surface area contributed by atoms with Crippen molar-refractivity contribution in [2.75, 3.05) is 39.4 Å². The molecule has 0 aliphatic heterocycles. The van der Waals surface area contributed by atoms with Crippen LogP contribution in [0.1, 0.15) is 40.0 Å². The van der Waals surface area contributed by atoms with Crippen LogP contribution in [0.2, 0.25) is 0 Å². The maximum Gasteiger partial charge on any atom is 0.0594 e. The molecular formula is C13H30N2O. The minimum Gasteiger partial charge on any atom is -0.379 e. The van der Waals surface area contributed by atoms with E-state index in [4.69, 9.17) is 10.5 Å². The summed E-state index contributed by atoms with van der Waals surface area (Å²) in [6, 6.07) is 0. The predicted molar refractivity (Wildman–Crippen MR) is 70.7 cm³/mol. The van der Waals surface area contributed by atoms with Gasteiger partial charge >= 0.3 is 0 Å². The topological polar surface area (TPSA) is 38.5 Å². The standard InChI is InChI=1S/C13H30N2O/c1-4-8-15(9-6-13(3)5-2)10-12-16-11-7-14/h13H,4-12,14H2,1-3H3. The molecule has 1 unspecified atom stereocenters. The molecule has 3 nitrogen and oxygen atoms in total. The number of nitrogens with two attached hydrogens (primary N) is 1. The van der Waals surface area contributed by atoms with Crippen LogP contribution < -0.4 is 5.73 Å². The molecule has 0 fully saturated rings. The van der Waals surface area contributed by atoms with Crippen LogP contribution in [-0.4, -0.2) is 44.3 Å². The van der Waals surface area contributed by atoms with Crippen LogP contribution in [-0.2, 0) is 4.74 Å². The highest BCUT2D eigenvalue weighted by Gasteiger charge is 2.06. The smallest absolute Gasteiger partial charge is 0.0594 e. The van der Waals surface area contributed by atoms with Gasteiger partial charge in [-0.05, 0) is 31.8 Å². The Kier molecular flexibility index (Phi) is 11.3. The number of rotatable bonds is 11. The lowest BCUT2D eigenvalue weighted by molar-refractivity contribution is 0.107. The fraction of sp³-hybridized carbons (Fsp3) is 1.00. The number of hydrogen-bond donors (Lipinski definition) is 1. The van der Waals surface area contributed by atoms with Crippen molar-refractivity contribution in [2.45, 2.75) is 40.0 Å². The van der Waals surface area contributed by atoms with Gasteiger partial charge in [0.05, 0.1) is 13.2 Å². The van der Waals surface area contributed by atoms with E-state index in [1.165, 1.54) is 32.4 Å². The van der Waals surface area contributed by atoms with E-state index in [1.807, 2.05) is 0 Å². The highest BCUT2D eigenvalue weighted by atomic mass is 16.5. The molecular weight excluding hydrogens is 200 g/mol. The molecule has 98 valence electrons. The third-order valence-corrected chi connectivity index (χ3v) is 2.99. The number of nitrogens with zero attached hydrogens (tertiary/aromatic N) is 1. The van der Waals surface area contributed by atoms with Crippen molar-refractivity contribution in [3.05, 3.63) is 0 Å². The van der Waals surface area contributed by atoms with Crippen molar-refractivity contribution in [1.82, 2.24) is 4.90 Å². The summed E-state index contributed by atoms with van der Waals surface area (Å²) >= 11 is 0. The van der Waals surface area contributed by atoms with E-state index in [9.17, 15) is 0 Å². The second-order valence-electron chi connectivity index (χ2n) is 4.54. The lowest BCUT2D eigenvalue weighted by atomic mass is 10.1. The monoisotopic (exact) mass is 230 g/mol. The first-order valence-electron chi connectivity index (χ1n) is 6.74. The Hall–Kier alpha value is -0.120. The average Bonchev–Trinajstić information content (AvgIpc) is 2.30. The van der Waals surface area contributed by atoms with Crippen LogP contribution in [0.4, 0.5) is 0 Å². The van der Waals surface area contributed by atoms with E-state index in [2.05, 4.69) is 25.7 Å². The Bertz CT molecular complexity index is 142. The van der Waals surface area contributed by atoms with Crippen LogP contribution in [0.25, 0.3) is 0 Å². The predicted octanol–water partition coefficient (Wildman–Crippen LogP) is 2.11. The summed E-state index contributed by atoms with van der Waals surface area (Å²) in [5, 5.41) is 0. The molecule has 1 atom stereocenters. The van der Waals surface area contributed by atoms with Crippen LogP contribution in [0.3, 0.4) is 0 Å². The Morgan fingerprint density at radius 2 is 1.88 bits per heavy atom. The molecule has 0 saturated carbocycles. The largest absolute Gasteiger partial charge is 0.379 e. The lowest BCUT2D eigenvalue weighted by Gasteiger charge is -2.23. The van der Waals surface area contributed by atoms with Crippen LogP contribution in [0, 0.1) is 5.92 Å². The summed E-state index contributed by atoms with van der Waals surface area (Å²) in [6.45, 7) is 12.4. The molecule has 2 N–H and O–H groups in total. The maximum absolute atomic E-state index is 5.43. The SMILES string of the molecule is CCCN(CCOCCN)CCC(C)CC. The molecule has 0 bridgehead atoms. The molecule has 0 aliphatic carbocycles. The Labute approximate surface area is 101 Å². The Balaban J connectivity index is 3.61. The zero-order valence-corrected chi connectivity index (χ0v) is 11.4. The van der Waals surface area contributed by atoms with Crippen LogP contribution in [0.5, 0.6) is 0 Å². The maximum atomic E-state index is 5.43. The first-order chi connectivity index (χ1) is 7.74. The molecule has 3 heteroatoms. The van der Waals surface area contributed by atoms with E-state index < -0.39 is 0 Å². The summed E-state index contributed by atoms with van der Waals surface area (Å²) in [5.41, 5.74) is 5.38. The third kappa shape index (κ3) is 9.13. The minimum absolute atomic E-state index is 0.626. The zero-order valence-electron chi connectivity index (χ0n) is 11.4. The van der Waals surface area contributed by atoms with Gasteiger partial charge in [0.1, 0.15) is 0 Å². The van der Waals surface area contributed by atoms with Gasteiger partial charge in [0.2, 0.25) is 0 Å². The lowest BCUT2D eigenvalue weighted by Crippen LogP contribution is -2.30. The summed E-state index contributed by atoms with van der Waals surface area (Å²) in [6.07, 6.45) is 3.80. The number of ether oxygens (including phenoxy) is 1. The van der Waals surface area contributed by atoms with Gasteiger partial charge < -0.3 is 15.4 Å². The van der Waals surface area contributed by atoms with Gasteiger partial charge in [0.15, 0.2) is 0 Å². The highest BCUT2D eigenvalue weighted by molar-refractivity contribution is 4.60. The van der Waals surface area contributed by atoms with Gasteiger partial charge in [-0.1, -0.05) is 27.2 Å². The van der Waals surface area contributed by atoms with Crippen molar-refractivity contribution >= 4 is 0 Å². The Morgan fingerprint density at radius 3 is 2.44 bits per heavy atom. The molecule has 0 rings (SSSR count). The van der Waals surface area contributed by atoms with E-state index in [-0.39, 0.29) is 0 Å². The Morgan fingerprint density at radius 1 is 1.12 bits per heavy atom. The zero-order chi connectivity index (χ0) is 12.2. The second kappa shape index (κ2) is 11.4. The quantitative estimate of drug-likeness (QED) is 0.553. The molecule has 0 amide bonds. The molecule has 0 radical (unpaired) electrons. The van der Waals surface area contributed by atoms with E-state index in [1.54, 1.807) is 0 Å². The summed E-state index contributed by atoms with van der Waals surface area (Å²) < 4.78 is 5.43. The van der Waals surface area contributed by atoms with Gasteiger partial charge in [0.25, 0.3) is 0 Å². The van der Waals surface area contributed by atoms with Crippen molar-refractivity contribution in [1.29, 1.82) is 0 Å². The van der Waals surface area contributed by atoms with Crippen LogP contribution >= 0.6 is 0 Å². The average molecular weight is 230 g/mol. The molecule has 16 heavy (non-hydrogen) atoms. The van der Waals surface area contributed by atoms with E-state index >= 15 is 0 Å². The van der Waals surface area contributed by atoms with Gasteiger partial charge in [-0.2, -0.15) is 0 Å². The van der Waals surface area contributed by atoms with Crippen LogP contribution in [0.15, 0.2) is 0 Å². The summed E-state index contributed by atoms with van der Waals surface area (Å²) in [7, 11) is 0. The highest BCUT2D eigenvalue weighted by Crippen LogP contribution is 2.07. The summed E-state index contributed by atoms with van der Waals surface area (Å²) in [5.74, 6) is 0.837. The van der Waals surface area contributed by atoms with E-state index in [0.717, 1.165) is 19.1 Å². The van der Waals surface area contributed by atoms with E-state index in [0.29, 0.717) is 13.2 Å². The first-order valence-corrected chi connectivity index (χ1v) is 6.74. The molecule has 0 aromatic carbocycles. The van der Waals surface area contributed by atoms with Gasteiger partial charge in [0, 0.05) is 13.1 Å². The van der Waals surface area contributed by atoms with Gasteiger partial charge in [-0.3, -0.25) is 0 Å². The molecule has 0 heterocycles. The fourth-order valence-corrected chi connectivity index (χ4v) is 1.64. The third-order valence-electron chi connectivity index (χ3n) is 2.99. The molecule has 0 aliphatic rings. The number of hydrogen-bond acceptors (Lipinski definition) is 3. The van der Waals surface area contributed by atoms with Gasteiger partial charge in [-0.25, -0.2) is 0 Å². The molecule has 0 spiro atoms. The van der Waals surface area contributed by atoms with Crippen molar-refractivity contribution in [2.24, 2.45) is 11.7 Å². The molecule has 0 aromatic rings. The first kappa shape index (κ1) is 15.9. The fourth-order valence-electron chi connectivity index (χ4n) is 1.64. The van der Waals surface area contributed by atoms with Crippen molar-refractivity contribution < 1.29 is 4.74 Å².